The highest BCUT2D eigenvalue weighted by atomic mass is 35.5. The second kappa shape index (κ2) is 8.06. The number of benzene rings is 2. The van der Waals surface area contributed by atoms with Crippen molar-refractivity contribution in [3.63, 3.8) is 0 Å². The van der Waals surface area contributed by atoms with Crippen molar-refractivity contribution in [2.24, 2.45) is 0 Å². The van der Waals surface area contributed by atoms with E-state index in [1.807, 2.05) is 13.1 Å². The molecule has 0 spiro atoms. The molecule has 0 saturated heterocycles. The summed E-state index contributed by atoms with van der Waals surface area (Å²) in [6, 6.07) is 16.8. The lowest BCUT2D eigenvalue weighted by molar-refractivity contribution is 0.784. The van der Waals surface area contributed by atoms with Gasteiger partial charge in [0.2, 0.25) is 0 Å². The fraction of sp³-hybridized carbons (Fsp3) is 0.333. The van der Waals surface area contributed by atoms with Crippen LogP contribution < -0.4 is 10.2 Å². The second-order valence-corrected chi connectivity index (χ2v) is 5.56. The van der Waals surface area contributed by atoms with E-state index in [4.69, 9.17) is 11.6 Å². The van der Waals surface area contributed by atoms with Crippen molar-refractivity contribution >= 4 is 23.0 Å². The first-order chi connectivity index (χ1) is 10.3. The molecule has 2 nitrogen and oxygen atoms in total. The molecule has 2 aromatic carbocycles. The molecule has 0 radical (unpaired) electrons. The van der Waals surface area contributed by atoms with Crippen LogP contribution in [0.25, 0.3) is 0 Å². The van der Waals surface area contributed by atoms with E-state index in [1.165, 1.54) is 17.7 Å². The summed E-state index contributed by atoms with van der Waals surface area (Å²) in [5.74, 6) is 0. The molecule has 2 rings (SSSR count). The smallest absolute Gasteiger partial charge is 0.0646 e. The first-order valence-corrected chi connectivity index (χ1v) is 7.89. The van der Waals surface area contributed by atoms with Crippen LogP contribution >= 0.6 is 11.6 Å². The zero-order valence-corrected chi connectivity index (χ0v) is 13.5. The topological polar surface area (TPSA) is 15.3 Å². The van der Waals surface area contributed by atoms with Crippen LogP contribution in [-0.4, -0.2) is 13.6 Å². The molecule has 0 heterocycles. The molecule has 0 aromatic heterocycles. The first-order valence-electron chi connectivity index (χ1n) is 7.52. The Kier molecular flexibility index (Phi) is 6.09. The quantitative estimate of drug-likeness (QED) is 0.774. The van der Waals surface area contributed by atoms with Crippen LogP contribution in [0.2, 0.25) is 5.02 Å². The van der Waals surface area contributed by atoms with Gasteiger partial charge in [-0.05, 0) is 43.3 Å². The summed E-state index contributed by atoms with van der Waals surface area (Å²) in [6.45, 7) is 4.02. The highest BCUT2D eigenvalue weighted by Gasteiger charge is 2.12. The summed E-state index contributed by atoms with van der Waals surface area (Å²) in [5, 5.41) is 3.96. The van der Waals surface area contributed by atoms with Crippen LogP contribution in [0.4, 0.5) is 11.4 Å². The van der Waals surface area contributed by atoms with Gasteiger partial charge in [0.05, 0.1) is 10.7 Å². The summed E-state index contributed by atoms with van der Waals surface area (Å²) in [4.78, 5) is 2.30. The molecule has 0 aliphatic rings. The molecule has 0 amide bonds. The minimum absolute atomic E-state index is 0.808. The zero-order valence-electron chi connectivity index (χ0n) is 12.8. The number of hydrogen-bond acceptors (Lipinski definition) is 2. The maximum Gasteiger partial charge on any atom is 0.0646 e. The SMILES string of the molecule is CCCCN(c1ccccc1)c1ccc(CNC)cc1Cl. The van der Waals surface area contributed by atoms with Gasteiger partial charge in [-0.2, -0.15) is 0 Å². The molecule has 0 saturated carbocycles. The van der Waals surface area contributed by atoms with Gasteiger partial charge in [0.25, 0.3) is 0 Å². The maximum absolute atomic E-state index is 6.52. The average Bonchev–Trinajstić information content (AvgIpc) is 2.51. The molecule has 0 fully saturated rings. The number of nitrogens with zero attached hydrogens (tertiary/aromatic N) is 1. The molecule has 112 valence electrons. The minimum atomic E-state index is 0.808. The number of hydrogen-bond donors (Lipinski definition) is 1. The van der Waals surface area contributed by atoms with Crippen molar-refractivity contribution in [3.8, 4) is 0 Å². The van der Waals surface area contributed by atoms with E-state index in [0.29, 0.717) is 0 Å². The van der Waals surface area contributed by atoms with Crippen LogP contribution in [0.3, 0.4) is 0 Å². The predicted octanol–water partition coefficient (Wildman–Crippen LogP) is 5.00. The molecular formula is C18H23ClN2. The summed E-state index contributed by atoms with van der Waals surface area (Å²) in [6.07, 6.45) is 2.31. The van der Waals surface area contributed by atoms with Crippen LogP contribution in [0, 0.1) is 0 Å². The summed E-state index contributed by atoms with van der Waals surface area (Å²) < 4.78 is 0. The van der Waals surface area contributed by atoms with Crippen molar-refractivity contribution in [1.29, 1.82) is 0 Å². The van der Waals surface area contributed by atoms with Gasteiger partial charge in [0, 0.05) is 18.8 Å². The van der Waals surface area contributed by atoms with Crippen molar-refractivity contribution in [3.05, 3.63) is 59.1 Å². The van der Waals surface area contributed by atoms with E-state index in [9.17, 15) is 0 Å². The van der Waals surface area contributed by atoms with E-state index >= 15 is 0 Å². The third kappa shape index (κ3) is 4.23. The largest absolute Gasteiger partial charge is 0.340 e. The molecule has 0 atom stereocenters. The van der Waals surface area contributed by atoms with E-state index in [-0.39, 0.29) is 0 Å². The Hall–Kier alpha value is -1.51. The number of unbranched alkanes of at least 4 members (excludes halogenated alkanes) is 1. The van der Waals surface area contributed by atoms with Gasteiger partial charge in [-0.25, -0.2) is 0 Å². The standard InChI is InChI=1S/C18H23ClN2/c1-3-4-12-21(16-8-6-5-7-9-16)18-11-10-15(14-20-2)13-17(18)19/h5-11,13,20H,3-4,12,14H2,1-2H3. The Balaban J connectivity index is 2.32. The Morgan fingerprint density at radius 1 is 1.10 bits per heavy atom. The number of anilines is 2. The molecule has 0 unspecified atom stereocenters. The molecule has 1 N–H and O–H groups in total. The molecule has 2 aromatic rings. The van der Waals surface area contributed by atoms with Gasteiger partial charge >= 0.3 is 0 Å². The normalized spacial score (nSPS) is 10.6. The van der Waals surface area contributed by atoms with E-state index < -0.39 is 0 Å². The summed E-state index contributed by atoms with van der Waals surface area (Å²) >= 11 is 6.52. The highest BCUT2D eigenvalue weighted by molar-refractivity contribution is 6.33. The van der Waals surface area contributed by atoms with Crippen molar-refractivity contribution in [1.82, 2.24) is 5.32 Å². The van der Waals surface area contributed by atoms with Gasteiger partial charge in [0.1, 0.15) is 0 Å². The molecular weight excluding hydrogens is 280 g/mol. The predicted molar refractivity (Wildman–Crippen MR) is 92.6 cm³/mol. The number of nitrogens with one attached hydrogen (secondary N) is 1. The van der Waals surface area contributed by atoms with Crippen molar-refractivity contribution in [2.75, 3.05) is 18.5 Å². The Labute approximate surface area is 132 Å². The van der Waals surface area contributed by atoms with E-state index in [2.05, 4.69) is 59.6 Å². The lowest BCUT2D eigenvalue weighted by Crippen LogP contribution is -2.18. The van der Waals surface area contributed by atoms with Gasteiger partial charge in [-0.1, -0.05) is 49.2 Å². The molecule has 0 aliphatic heterocycles. The fourth-order valence-electron chi connectivity index (χ4n) is 2.40. The molecule has 3 heteroatoms. The maximum atomic E-state index is 6.52. The zero-order chi connectivity index (χ0) is 15.1. The second-order valence-electron chi connectivity index (χ2n) is 5.16. The highest BCUT2D eigenvalue weighted by Crippen LogP contribution is 2.32. The van der Waals surface area contributed by atoms with Gasteiger partial charge in [-0.15, -0.1) is 0 Å². The van der Waals surface area contributed by atoms with Gasteiger partial charge in [-0.3, -0.25) is 0 Å². The lowest BCUT2D eigenvalue weighted by Gasteiger charge is -2.26. The molecule has 0 bridgehead atoms. The third-order valence-electron chi connectivity index (χ3n) is 3.49. The van der Waals surface area contributed by atoms with Crippen LogP contribution in [0.1, 0.15) is 25.3 Å². The van der Waals surface area contributed by atoms with E-state index in [1.54, 1.807) is 0 Å². The van der Waals surface area contributed by atoms with Crippen LogP contribution in [0.5, 0.6) is 0 Å². The summed E-state index contributed by atoms with van der Waals surface area (Å²) in [7, 11) is 1.94. The number of halogens is 1. The van der Waals surface area contributed by atoms with Crippen molar-refractivity contribution < 1.29 is 0 Å². The van der Waals surface area contributed by atoms with E-state index in [0.717, 1.165) is 30.2 Å². The number of rotatable bonds is 7. The Morgan fingerprint density at radius 2 is 1.86 bits per heavy atom. The molecule has 0 aliphatic carbocycles. The van der Waals surface area contributed by atoms with Crippen molar-refractivity contribution in [2.45, 2.75) is 26.3 Å². The third-order valence-corrected chi connectivity index (χ3v) is 3.79. The minimum Gasteiger partial charge on any atom is -0.340 e. The monoisotopic (exact) mass is 302 g/mol. The Bertz CT molecular complexity index is 554. The Morgan fingerprint density at radius 3 is 2.48 bits per heavy atom. The number of para-hydroxylation sites is 1. The average molecular weight is 303 g/mol. The van der Waals surface area contributed by atoms with Gasteiger partial charge < -0.3 is 10.2 Å². The fourth-order valence-corrected chi connectivity index (χ4v) is 2.70. The van der Waals surface area contributed by atoms with Crippen LogP contribution in [-0.2, 0) is 6.54 Å². The summed E-state index contributed by atoms with van der Waals surface area (Å²) in [5.41, 5.74) is 3.47. The first kappa shape index (κ1) is 15.9. The molecule has 21 heavy (non-hydrogen) atoms. The lowest BCUT2D eigenvalue weighted by atomic mass is 10.1. The van der Waals surface area contributed by atoms with Crippen LogP contribution in [0.15, 0.2) is 48.5 Å². The van der Waals surface area contributed by atoms with Gasteiger partial charge in [0.15, 0.2) is 0 Å².